The number of hydrogen-bond acceptors (Lipinski definition) is 3. The highest BCUT2D eigenvalue weighted by Gasteiger charge is 2.44. The Hall–Kier alpha value is -5.51. The summed E-state index contributed by atoms with van der Waals surface area (Å²) in [5.41, 5.74) is 14.4. The van der Waals surface area contributed by atoms with E-state index in [0.29, 0.717) is 11.8 Å². The Bertz CT molecular complexity index is 2270. The van der Waals surface area contributed by atoms with Crippen molar-refractivity contribution in [2.45, 2.75) is 50.4 Å². The van der Waals surface area contributed by atoms with E-state index in [1.165, 1.54) is 50.9 Å². The molecule has 6 aromatic rings. The minimum atomic E-state index is -0.219. The minimum absolute atomic E-state index is 0.0914. The predicted molar refractivity (Wildman–Crippen MR) is 211 cm³/mol. The summed E-state index contributed by atoms with van der Waals surface area (Å²) in [4.78, 5) is 5.31. The van der Waals surface area contributed by atoms with E-state index in [2.05, 4.69) is 188 Å². The molecule has 3 heteroatoms. The van der Waals surface area contributed by atoms with E-state index in [-0.39, 0.29) is 17.7 Å². The van der Waals surface area contributed by atoms with Crippen LogP contribution in [0, 0.1) is 5.92 Å². The highest BCUT2D eigenvalue weighted by molar-refractivity contribution is 6.00. The smallest absolute Gasteiger partial charge is 0.131 e. The van der Waals surface area contributed by atoms with Crippen molar-refractivity contribution in [3.8, 4) is 22.3 Å². The molecule has 1 aliphatic heterocycles. The number of hydrogen-bond donors (Lipinski definition) is 2. The van der Waals surface area contributed by atoms with Crippen molar-refractivity contribution in [1.29, 1.82) is 0 Å². The van der Waals surface area contributed by atoms with Crippen molar-refractivity contribution in [3.05, 3.63) is 197 Å². The molecular weight excluding hydrogens is 619 g/mol. The summed E-state index contributed by atoms with van der Waals surface area (Å²) in [5.74, 6) is 1.94. The van der Waals surface area contributed by atoms with Crippen molar-refractivity contribution in [1.82, 2.24) is 10.6 Å². The second-order valence-corrected chi connectivity index (χ2v) is 14.9. The molecule has 3 nitrogen and oxygen atoms in total. The average Bonchev–Trinajstić information content (AvgIpc) is 3.44. The zero-order chi connectivity index (χ0) is 34.4. The molecule has 3 aliphatic rings. The number of allylic oxidation sites excluding steroid dienone is 2. The highest BCUT2D eigenvalue weighted by atomic mass is 15.3. The van der Waals surface area contributed by atoms with Crippen molar-refractivity contribution < 1.29 is 0 Å². The summed E-state index contributed by atoms with van der Waals surface area (Å²) in [5, 5.41) is 7.52. The highest BCUT2D eigenvalue weighted by Crippen LogP contribution is 2.56. The SMILES string of the molecule is CC1(C)c2ccccc2C2=CCC(c3cccc(-c4cccc(C5N=C(c6cccc(-c7ccccc7)c6)NC(c6ccccc6)N5)c4)c3)CC21. The van der Waals surface area contributed by atoms with Crippen LogP contribution in [-0.2, 0) is 5.41 Å². The van der Waals surface area contributed by atoms with E-state index < -0.39 is 0 Å². The van der Waals surface area contributed by atoms with Gasteiger partial charge in [0.25, 0.3) is 0 Å². The van der Waals surface area contributed by atoms with E-state index in [0.717, 1.165) is 23.4 Å². The van der Waals surface area contributed by atoms with Gasteiger partial charge in [0.05, 0.1) is 0 Å². The second kappa shape index (κ2) is 13.0. The molecule has 0 aromatic heterocycles. The molecule has 0 spiro atoms. The van der Waals surface area contributed by atoms with Gasteiger partial charge in [-0.25, -0.2) is 4.99 Å². The van der Waals surface area contributed by atoms with Crippen molar-refractivity contribution in [2.24, 2.45) is 10.9 Å². The summed E-state index contributed by atoms with van der Waals surface area (Å²) in [6.45, 7) is 4.87. The van der Waals surface area contributed by atoms with E-state index in [1.54, 1.807) is 5.57 Å². The third-order valence-electron chi connectivity index (χ3n) is 11.5. The molecule has 9 rings (SSSR count). The van der Waals surface area contributed by atoms with Gasteiger partial charge < -0.3 is 5.32 Å². The molecule has 0 bridgehead atoms. The van der Waals surface area contributed by atoms with Gasteiger partial charge in [-0.3, -0.25) is 5.32 Å². The summed E-state index contributed by atoms with van der Waals surface area (Å²) in [6.07, 6.45) is 4.49. The Labute approximate surface area is 301 Å². The maximum Gasteiger partial charge on any atom is 0.131 e. The molecule has 0 saturated heterocycles. The van der Waals surface area contributed by atoms with Crippen LogP contribution in [0.3, 0.4) is 0 Å². The fourth-order valence-electron chi connectivity index (χ4n) is 8.69. The van der Waals surface area contributed by atoms with Crippen LogP contribution in [-0.4, -0.2) is 5.84 Å². The Morgan fingerprint density at radius 3 is 1.94 bits per heavy atom. The Balaban J connectivity index is 1.03. The number of nitrogens with one attached hydrogen (secondary N) is 2. The third kappa shape index (κ3) is 5.92. The summed E-state index contributed by atoms with van der Waals surface area (Å²) < 4.78 is 0. The molecule has 2 N–H and O–H groups in total. The lowest BCUT2D eigenvalue weighted by Crippen LogP contribution is -2.44. The van der Waals surface area contributed by atoms with Gasteiger partial charge in [-0.05, 0) is 97.9 Å². The number of rotatable bonds is 6. The lowest BCUT2D eigenvalue weighted by molar-refractivity contribution is 0.355. The average molecular weight is 662 g/mol. The molecule has 6 aromatic carbocycles. The molecular formula is C48H43N3. The van der Waals surface area contributed by atoms with E-state index >= 15 is 0 Å². The maximum atomic E-state index is 5.31. The first-order valence-corrected chi connectivity index (χ1v) is 18.3. The first-order chi connectivity index (χ1) is 25.0. The van der Waals surface area contributed by atoms with Crippen LogP contribution < -0.4 is 10.6 Å². The van der Waals surface area contributed by atoms with Crippen molar-refractivity contribution >= 4 is 11.4 Å². The van der Waals surface area contributed by atoms with Gasteiger partial charge in [-0.2, -0.15) is 0 Å². The lowest BCUT2D eigenvalue weighted by atomic mass is 9.69. The third-order valence-corrected chi connectivity index (χ3v) is 11.5. The van der Waals surface area contributed by atoms with E-state index in [1.807, 2.05) is 0 Å². The number of nitrogens with zero attached hydrogens (tertiary/aromatic N) is 1. The van der Waals surface area contributed by atoms with Gasteiger partial charge in [0, 0.05) is 5.56 Å². The molecule has 0 radical (unpaired) electrons. The summed E-state index contributed by atoms with van der Waals surface area (Å²) in [6, 6.07) is 57.1. The van der Waals surface area contributed by atoms with Crippen LogP contribution in [0.2, 0.25) is 0 Å². The van der Waals surface area contributed by atoms with Crippen molar-refractivity contribution in [3.63, 3.8) is 0 Å². The van der Waals surface area contributed by atoms with Gasteiger partial charge >= 0.3 is 0 Å². The van der Waals surface area contributed by atoms with Gasteiger partial charge in [-0.1, -0.05) is 166 Å². The summed E-state index contributed by atoms with van der Waals surface area (Å²) >= 11 is 0. The number of amidine groups is 1. The van der Waals surface area contributed by atoms with Gasteiger partial charge in [0.15, 0.2) is 0 Å². The Kier molecular flexibility index (Phi) is 8.01. The second-order valence-electron chi connectivity index (χ2n) is 14.9. The molecule has 4 unspecified atom stereocenters. The van der Waals surface area contributed by atoms with Crippen LogP contribution >= 0.6 is 0 Å². The molecule has 0 saturated carbocycles. The summed E-state index contributed by atoms with van der Waals surface area (Å²) in [7, 11) is 0. The minimum Gasteiger partial charge on any atom is -0.350 e. The lowest BCUT2D eigenvalue weighted by Gasteiger charge is -2.35. The van der Waals surface area contributed by atoms with Crippen molar-refractivity contribution in [2.75, 3.05) is 0 Å². The molecule has 1 heterocycles. The normalized spacial score (nSPS) is 21.8. The van der Waals surface area contributed by atoms with Crippen LogP contribution in [0.5, 0.6) is 0 Å². The largest absolute Gasteiger partial charge is 0.350 e. The quantitative estimate of drug-likeness (QED) is 0.186. The monoisotopic (exact) mass is 661 g/mol. The van der Waals surface area contributed by atoms with Gasteiger partial charge in [-0.15, -0.1) is 0 Å². The molecule has 0 amide bonds. The van der Waals surface area contributed by atoms with Crippen LogP contribution in [0.1, 0.15) is 78.3 Å². The first kappa shape index (κ1) is 31.5. The van der Waals surface area contributed by atoms with Gasteiger partial charge in [0.2, 0.25) is 0 Å². The standard InChI is InChI=1S/C48H43N3/c1-48(2)43-25-10-9-24-41(43)42-27-26-38(31-44(42)48)36-20-11-19-35(28-36)37-21-13-23-40(30-37)47-50-45(33-16-7-4-8-17-33)49-46(51-47)39-22-12-18-34(29-39)32-14-5-3-6-15-32/h3-25,27-30,38,44-45,47,50H,26,31H2,1-2H3,(H,49,51). The van der Waals surface area contributed by atoms with Crippen LogP contribution in [0.15, 0.2) is 169 Å². The molecule has 0 fully saturated rings. The predicted octanol–water partition coefficient (Wildman–Crippen LogP) is 11.2. The zero-order valence-electron chi connectivity index (χ0n) is 29.3. The number of fused-ring (bicyclic) bond motifs is 3. The molecule has 51 heavy (non-hydrogen) atoms. The molecule has 250 valence electrons. The number of benzene rings is 6. The zero-order valence-corrected chi connectivity index (χ0v) is 29.3. The van der Waals surface area contributed by atoms with Gasteiger partial charge in [0.1, 0.15) is 18.2 Å². The topological polar surface area (TPSA) is 36.4 Å². The maximum absolute atomic E-state index is 5.31. The fraction of sp³-hybridized carbons (Fsp3) is 0.188. The number of aliphatic imine (C=N–C) groups is 1. The van der Waals surface area contributed by atoms with E-state index in [9.17, 15) is 0 Å². The van der Waals surface area contributed by atoms with Crippen LogP contribution in [0.25, 0.3) is 27.8 Å². The fourth-order valence-corrected chi connectivity index (χ4v) is 8.69. The Morgan fingerprint density at radius 2 is 1.16 bits per heavy atom. The van der Waals surface area contributed by atoms with E-state index in [4.69, 9.17) is 4.99 Å². The Morgan fingerprint density at radius 1 is 0.569 bits per heavy atom. The van der Waals surface area contributed by atoms with Crippen LogP contribution in [0.4, 0.5) is 0 Å². The molecule has 2 aliphatic carbocycles. The molecule has 4 atom stereocenters. The first-order valence-electron chi connectivity index (χ1n) is 18.3.